The van der Waals surface area contributed by atoms with Crippen molar-refractivity contribution in [3.05, 3.63) is 29.8 Å². The molecule has 5 nitrogen and oxygen atoms in total. The highest BCUT2D eigenvalue weighted by atomic mass is 33.1. The van der Waals surface area contributed by atoms with E-state index < -0.39 is 18.0 Å². The highest BCUT2D eigenvalue weighted by Gasteiger charge is 2.13. The molecule has 0 fully saturated rings. The van der Waals surface area contributed by atoms with Crippen LogP contribution in [-0.2, 0) is 4.79 Å². The van der Waals surface area contributed by atoms with Crippen LogP contribution in [0, 0.1) is 0 Å². The molecular weight excluding hydrogens is 276 g/mol. The first-order chi connectivity index (χ1) is 8.52. The van der Waals surface area contributed by atoms with Crippen LogP contribution >= 0.6 is 21.6 Å². The highest BCUT2D eigenvalue weighted by Crippen LogP contribution is 2.34. The average molecular weight is 288 g/mol. The van der Waals surface area contributed by atoms with Gasteiger partial charge in [0.05, 0.1) is 5.56 Å². The van der Waals surface area contributed by atoms with Crippen molar-refractivity contribution in [1.29, 1.82) is 0 Å². The van der Waals surface area contributed by atoms with Crippen molar-refractivity contribution in [2.75, 3.05) is 5.75 Å². The van der Waals surface area contributed by atoms with Gasteiger partial charge in [-0.25, -0.2) is 9.59 Å². The van der Waals surface area contributed by atoms with Crippen LogP contribution < -0.4 is 0 Å². The fraction of sp³-hybridized carbons (Fsp3) is 0.273. The van der Waals surface area contributed by atoms with E-state index in [4.69, 9.17) is 15.3 Å². The number of carbonyl (C=O) groups is 2. The SMILES string of the molecule is O=C(O)c1ccccc1SSCCC(O)C(=O)O. The summed E-state index contributed by atoms with van der Waals surface area (Å²) in [5.74, 6) is -1.82. The van der Waals surface area contributed by atoms with Crippen molar-refractivity contribution in [2.24, 2.45) is 0 Å². The van der Waals surface area contributed by atoms with Crippen LogP contribution in [0.5, 0.6) is 0 Å². The number of carboxylic acids is 2. The zero-order chi connectivity index (χ0) is 13.5. The van der Waals surface area contributed by atoms with Crippen LogP contribution in [0.25, 0.3) is 0 Å². The molecule has 1 unspecified atom stereocenters. The molecule has 0 aliphatic rings. The van der Waals surface area contributed by atoms with E-state index in [0.717, 1.165) is 0 Å². The van der Waals surface area contributed by atoms with Crippen LogP contribution in [0.2, 0.25) is 0 Å². The number of aliphatic hydroxyl groups is 1. The van der Waals surface area contributed by atoms with E-state index in [9.17, 15) is 9.59 Å². The van der Waals surface area contributed by atoms with Crippen molar-refractivity contribution in [3.63, 3.8) is 0 Å². The van der Waals surface area contributed by atoms with Gasteiger partial charge in [-0.3, -0.25) is 0 Å². The first-order valence-corrected chi connectivity index (χ1v) is 7.37. The number of carboxylic acid groups (broad SMARTS) is 2. The molecule has 3 N–H and O–H groups in total. The van der Waals surface area contributed by atoms with Crippen molar-refractivity contribution in [3.8, 4) is 0 Å². The Morgan fingerprint density at radius 1 is 1.22 bits per heavy atom. The lowest BCUT2D eigenvalue weighted by Crippen LogP contribution is -2.19. The predicted molar refractivity (Wildman–Crippen MR) is 70.0 cm³/mol. The van der Waals surface area contributed by atoms with Gasteiger partial charge in [-0.2, -0.15) is 0 Å². The fourth-order valence-electron chi connectivity index (χ4n) is 1.10. The maximum absolute atomic E-state index is 10.9. The lowest BCUT2D eigenvalue weighted by Gasteiger charge is -2.06. The summed E-state index contributed by atoms with van der Waals surface area (Å²) >= 11 is 0. The van der Waals surface area contributed by atoms with Crippen molar-refractivity contribution in [2.45, 2.75) is 17.4 Å². The Bertz CT molecular complexity index is 435. The van der Waals surface area contributed by atoms with Crippen molar-refractivity contribution >= 4 is 33.5 Å². The Hall–Kier alpha value is -1.18. The topological polar surface area (TPSA) is 94.8 Å². The fourth-order valence-corrected chi connectivity index (χ4v) is 3.37. The molecule has 18 heavy (non-hydrogen) atoms. The van der Waals surface area contributed by atoms with Gasteiger partial charge in [-0.1, -0.05) is 33.7 Å². The average Bonchev–Trinajstić information content (AvgIpc) is 2.34. The number of hydrogen-bond acceptors (Lipinski definition) is 5. The summed E-state index contributed by atoms with van der Waals surface area (Å²) in [6, 6.07) is 6.58. The van der Waals surface area contributed by atoms with Crippen LogP contribution in [0.1, 0.15) is 16.8 Å². The molecule has 0 aromatic heterocycles. The Morgan fingerprint density at radius 2 is 1.89 bits per heavy atom. The summed E-state index contributed by atoms with van der Waals surface area (Å²) in [4.78, 5) is 21.9. The lowest BCUT2D eigenvalue weighted by atomic mass is 10.2. The van der Waals surface area contributed by atoms with Gasteiger partial charge < -0.3 is 15.3 Å². The van der Waals surface area contributed by atoms with Gasteiger partial charge in [0, 0.05) is 10.6 Å². The number of hydrogen-bond donors (Lipinski definition) is 3. The van der Waals surface area contributed by atoms with E-state index in [0.29, 0.717) is 10.6 Å². The van der Waals surface area contributed by atoms with Gasteiger partial charge in [0.1, 0.15) is 0 Å². The third-order valence-corrected chi connectivity index (χ3v) is 4.47. The van der Waals surface area contributed by atoms with Gasteiger partial charge in [0.2, 0.25) is 0 Å². The van der Waals surface area contributed by atoms with Crippen molar-refractivity contribution in [1.82, 2.24) is 0 Å². The molecule has 1 rings (SSSR count). The molecule has 0 saturated carbocycles. The number of rotatable bonds is 7. The Labute approximate surface area is 112 Å². The van der Waals surface area contributed by atoms with Gasteiger partial charge >= 0.3 is 11.9 Å². The summed E-state index contributed by atoms with van der Waals surface area (Å²) in [5, 5.41) is 26.5. The summed E-state index contributed by atoms with van der Waals surface area (Å²) in [7, 11) is 2.57. The Kier molecular flexibility index (Phi) is 6.03. The molecule has 0 bridgehead atoms. The third-order valence-electron chi connectivity index (χ3n) is 2.03. The Balaban J connectivity index is 2.45. The molecule has 0 radical (unpaired) electrons. The van der Waals surface area contributed by atoms with E-state index >= 15 is 0 Å². The summed E-state index contributed by atoms with van der Waals surface area (Å²) in [5.41, 5.74) is 0.216. The van der Waals surface area contributed by atoms with Gasteiger partial charge in [0.15, 0.2) is 6.10 Å². The number of aliphatic carboxylic acids is 1. The number of aromatic carboxylic acids is 1. The standard InChI is InChI=1S/C11H12O5S2/c12-8(11(15)16)5-6-17-18-9-4-2-1-3-7(9)10(13)14/h1-4,8,12H,5-6H2,(H,13,14)(H,15,16). The zero-order valence-electron chi connectivity index (χ0n) is 9.28. The molecule has 1 aromatic carbocycles. The summed E-state index contributed by atoms with van der Waals surface area (Å²) < 4.78 is 0. The second-order valence-electron chi connectivity index (χ2n) is 3.35. The molecule has 0 saturated heterocycles. The van der Waals surface area contributed by atoms with Gasteiger partial charge in [-0.15, -0.1) is 0 Å². The van der Waals surface area contributed by atoms with E-state index in [1.54, 1.807) is 18.2 Å². The first kappa shape index (κ1) is 14.9. The monoisotopic (exact) mass is 288 g/mol. The van der Waals surface area contributed by atoms with E-state index in [1.165, 1.54) is 27.7 Å². The quantitative estimate of drug-likeness (QED) is 0.521. The van der Waals surface area contributed by atoms with Gasteiger partial charge in [-0.05, 0) is 18.6 Å². The molecule has 0 aliphatic carbocycles. The van der Waals surface area contributed by atoms with Crippen molar-refractivity contribution < 1.29 is 24.9 Å². The molecule has 98 valence electrons. The summed E-state index contributed by atoms with van der Waals surface area (Å²) in [6.45, 7) is 0. The van der Waals surface area contributed by atoms with E-state index in [1.807, 2.05) is 0 Å². The second-order valence-corrected chi connectivity index (χ2v) is 5.81. The van der Waals surface area contributed by atoms with Crippen LogP contribution in [-0.4, -0.2) is 39.1 Å². The minimum Gasteiger partial charge on any atom is -0.479 e. The number of aliphatic hydroxyl groups excluding tert-OH is 1. The number of benzene rings is 1. The maximum Gasteiger partial charge on any atom is 0.336 e. The molecule has 0 heterocycles. The van der Waals surface area contributed by atoms with Crippen LogP contribution in [0.4, 0.5) is 0 Å². The predicted octanol–water partition coefficient (Wildman–Crippen LogP) is 1.96. The molecule has 7 heteroatoms. The van der Waals surface area contributed by atoms with Gasteiger partial charge in [0.25, 0.3) is 0 Å². The smallest absolute Gasteiger partial charge is 0.336 e. The van der Waals surface area contributed by atoms with Crippen LogP contribution in [0.15, 0.2) is 29.2 Å². The van der Waals surface area contributed by atoms with E-state index in [-0.39, 0.29) is 12.0 Å². The van der Waals surface area contributed by atoms with Crippen LogP contribution in [0.3, 0.4) is 0 Å². The zero-order valence-corrected chi connectivity index (χ0v) is 10.9. The minimum atomic E-state index is -1.37. The molecule has 0 amide bonds. The molecule has 0 aliphatic heterocycles. The largest absolute Gasteiger partial charge is 0.479 e. The highest BCUT2D eigenvalue weighted by molar-refractivity contribution is 8.76. The normalized spacial score (nSPS) is 12.1. The lowest BCUT2D eigenvalue weighted by molar-refractivity contribution is -0.146. The maximum atomic E-state index is 10.9. The summed E-state index contributed by atoms with van der Waals surface area (Å²) in [6.07, 6.45) is -1.24. The Morgan fingerprint density at radius 3 is 2.50 bits per heavy atom. The third kappa shape index (κ3) is 4.59. The molecule has 0 spiro atoms. The van der Waals surface area contributed by atoms with E-state index in [2.05, 4.69) is 0 Å². The molecule has 1 aromatic rings. The second kappa shape index (κ2) is 7.30. The minimum absolute atomic E-state index is 0.127. The first-order valence-electron chi connectivity index (χ1n) is 5.05. The molecular formula is C11H12O5S2. The molecule has 1 atom stereocenters.